The van der Waals surface area contributed by atoms with E-state index in [1.807, 2.05) is 0 Å². The number of benzene rings is 1. The fourth-order valence-electron chi connectivity index (χ4n) is 2.69. The summed E-state index contributed by atoms with van der Waals surface area (Å²) in [5, 5.41) is 9.50. The minimum Gasteiger partial charge on any atom is -0.480 e. The molecule has 10 heteroatoms. The van der Waals surface area contributed by atoms with E-state index < -0.39 is 35.4 Å². The van der Waals surface area contributed by atoms with Crippen molar-refractivity contribution >= 4 is 33.7 Å². The van der Waals surface area contributed by atoms with E-state index >= 15 is 0 Å². The van der Waals surface area contributed by atoms with Gasteiger partial charge >= 0.3 is 18.2 Å². The lowest BCUT2D eigenvalue weighted by Crippen LogP contribution is -2.59. The van der Waals surface area contributed by atoms with Gasteiger partial charge in [-0.2, -0.15) is 13.2 Å². The fraction of sp³-hybridized carbons (Fsp3) is 0.529. The van der Waals surface area contributed by atoms with Crippen LogP contribution in [0.5, 0.6) is 0 Å². The first kappa shape index (κ1) is 21.3. The van der Waals surface area contributed by atoms with Crippen LogP contribution in [0.2, 0.25) is 0 Å². The Kier molecular flexibility index (Phi) is 5.98. The maximum Gasteiger partial charge on any atom is 0.416 e. The third-order valence-corrected chi connectivity index (χ3v) is 4.54. The van der Waals surface area contributed by atoms with Gasteiger partial charge in [0, 0.05) is 24.1 Å². The van der Waals surface area contributed by atoms with E-state index in [0.717, 1.165) is 17.0 Å². The maximum atomic E-state index is 12.8. The molecule has 1 fully saturated rings. The second-order valence-corrected chi connectivity index (χ2v) is 7.99. The van der Waals surface area contributed by atoms with E-state index in [2.05, 4.69) is 15.9 Å². The van der Waals surface area contributed by atoms with Gasteiger partial charge in [0.2, 0.25) is 0 Å². The van der Waals surface area contributed by atoms with Gasteiger partial charge in [0.05, 0.1) is 11.3 Å². The van der Waals surface area contributed by atoms with Crippen LogP contribution in [0.1, 0.15) is 26.3 Å². The van der Waals surface area contributed by atoms with E-state index in [1.54, 1.807) is 25.7 Å². The van der Waals surface area contributed by atoms with Crippen LogP contribution in [0.4, 0.5) is 23.7 Å². The van der Waals surface area contributed by atoms with Crippen LogP contribution in [0.25, 0.3) is 0 Å². The molecule has 27 heavy (non-hydrogen) atoms. The molecule has 1 atom stereocenters. The molecule has 0 spiro atoms. The highest BCUT2D eigenvalue weighted by molar-refractivity contribution is 9.10. The van der Waals surface area contributed by atoms with Crippen LogP contribution in [-0.4, -0.2) is 53.3 Å². The minimum absolute atomic E-state index is 0.0688. The molecule has 2 rings (SSSR count). The average molecular weight is 453 g/mol. The number of aliphatic carboxylic acids is 1. The van der Waals surface area contributed by atoms with E-state index in [9.17, 15) is 27.9 Å². The number of hydrogen-bond acceptors (Lipinski definition) is 4. The topological polar surface area (TPSA) is 70.1 Å². The maximum absolute atomic E-state index is 12.8. The smallest absolute Gasteiger partial charge is 0.416 e. The molecule has 1 aliphatic rings. The Morgan fingerprint density at radius 1 is 1.22 bits per heavy atom. The molecule has 0 saturated carbocycles. The Hall–Kier alpha value is -1.97. The molecule has 1 aromatic carbocycles. The second kappa shape index (κ2) is 7.57. The molecule has 6 nitrogen and oxygen atoms in total. The zero-order valence-electron chi connectivity index (χ0n) is 15.0. The summed E-state index contributed by atoms with van der Waals surface area (Å²) in [6, 6.07) is 2.00. The molecule has 1 amide bonds. The van der Waals surface area contributed by atoms with Gasteiger partial charge in [-0.05, 0) is 54.9 Å². The highest BCUT2D eigenvalue weighted by Gasteiger charge is 2.38. The van der Waals surface area contributed by atoms with E-state index in [-0.39, 0.29) is 24.1 Å². The lowest BCUT2D eigenvalue weighted by Gasteiger charge is -2.41. The number of amides is 1. The summed E-state index contributed by atoms with van der Waals surface area (Å²) in [5.41, 5.74) is -1.15. The summed E-state index contributed by atoms with van der Waals surface area (Å²) >= 11 is 3.12. The monoisotopic (exact) mass is 452 g/mol. The number of carbonyl (C=O) groups excluding carboxylic acids is 1. The van der Waals surface area contributed by atoms with Crippen molar-refractivity contribution in [1.82, 2.24) is 4.90 Å². The first-order chi connectivity index (χ1) is 12.3. The fourth-order valence-corrected chi connectivity index (χ4v) is 3.32. The third-order valence-electron chi connectivity index (χ3n) is 3.91. The van der Waals surface area contributed by atoms with Crippen molar-refractivity contribution in [1.29, 1.82) is 0 Å². The lowest BCUT2D eigenvalue weighted by atomic mass is 10.1. The standard InChI is InChI=1S/C17H20BrF3N2O4/c1-16(2,3)27-15(26)23-7-6-22(9-13(23)14(24)25)12-5-4-10(8-11(12)18)17(19,20)21/h4-5,8,13H,6-7,9H2,1-3H3,(H,24,25)/t13-/m0/s1. The number of alkyl halides is 3. The van der Waals surface area contributed by atoms with Crippen LogP contribution in [0.3, 0.4) is 0 Å². The van der Waals surface area contributed by atoms with Crippen molar-refractivity contribution in [3.8, 4) is 0 Å². The van der Waals surface area contributed by atoms with Crippen LogP contribution >= 0.6 is 15.9 Å². The molecule has 1 saturated heterocycles. The number of ether oxygens (including phenoxy) is 1. The summed E-state index contributed by atoms with van der Waals surface area (Å²) in [6.07, 6.45) is -5.21. The molecule has 1 aliphatic heterocycles. The van der Waals surface area contributed by atoms with Gasteiger partial charge in [-0.1, -0.05) is 0 Å². The molecule has 150 valence electrons. The predicted molar refractivity (Wildman–Crippen MR) is 95.7 cm³/mol. The van der Waals surface area contributed by atoms with Crippen LogP contribution in [0.15, 0.2) is 22.7 Å². The van der Waals surface area contributed by atoms with Gasteiger partial charge in [0.25, 0.3) is 0 Å². The number of rotatable bonds is 2. The molecule has 0 aliphatic carbocycles. The predicted octanol–water partition coefficient (Wildman–Crippen LogP) is 3.98. The van der Waals surface area contributed by atoms with Crippen LogP contribution < -0.4 is 4.90 Å². The summed E-state index contributed by atoms with van der Waals surface area (Å²) in [6.45, 7) is 5.29. The van der Waals surface area contributed by atoms with Crippen molar-refractivity contribution in [3.63, 3.8) is 0 Å². The van der Waals surface area contributed by atoms with Crippen molar-refractivity contribution in [2.75, 3.05) is 24.5 Å². The molecular weight excluding hydrogens is 433 g/mol. The number of nitrogens with zero attached hydrogens (tertiary/aromatic N) is 2. The Labute approximate surface area is 163 Å². The number of anilines is 1. The molecule has 0 bridgehead atoms. The Balaban J connectivity index is 2.22. The lowest BCUT2D eigenvalue weighted by molar-refractivity contribution is -0.143. The van der Waals surface area contributed by atoms with Gasteiger partial charge in [0.1, 0.15) is 11.6 Å². The van der Waals surface area contributed by atoms with Gasteiger partial charge < -0.3 is 14.7 Å². The van der Waals surface area contributed by atoms with Crippen LogP contribution in [0, 0.1) is 0 Å². The molecule has 0 unspecified atom stereocenters. The first-order valence-corrected chi connectivity index (χ1v) is 8.93. The van der Waals surface area contributed by atoms with Crippen molar-refractivity contribution in [3.05, 3.63) is 28.2 Å². The van der Waals surface area contributed by atoms with Crippen molar-refractivity contribution < 1.29 is 32.6 Å². The van der Waals surface area contributed by atoms with E-state index in [0.29, 0.717) is 5.69 Å². The summed E-state index contributed by atoms with van der Waals surface area (Å²) in [4.78, 5) is 26.7. The Bertz CT molecular complexity index is 734. The van der Waals surface area contributed by atoms with Gasteiger partial charge in [-0.15, -0.1) is 0 Å². The summed E-state index contributed by atoms with van der Waals surface area (Å²) in [5.74, 6) is -1.21. The molecule has 1 N–H and O–H groups in total. The minimum atomic E-state index is -4.47. The number of carboxylic acid groups (broad SMARTS) is 1. The van der Waals surface area contributed by atoms with Gasteiger partial charge in [-0.3, -0.25) is 4.90 Å². The van der Waals surface area contributed by atoms with E-state index in [1.165, 1.54) is 6.07 Å². The van der Waals surface area contributed by atoms with Crippen LogP contribution in [-0.2, 0) is 15.7 Å². The highest BCUT2D eigenvalue weighted by atomic mass is 79.9. The molecule has 0 radical (unpaired) electrons. The van der Waals surface area contributed by atoms with Crippen molar-refractivity contribution in [2.45, 2.75) is 38.6 Å². The van der Waals surface area contributed by atoms with Gasteiger partial charge in [0.15, 0.2) is 0 Å². The van der Waals surface area contributed by atoms with Crippen molar-refractivity contribution in [2.24, 2.45) is 0 Å². The normalized spacial score (nSPS) is 18.4. The summed E-state index contributed by atoms with van der Waals surface area (Å²) < 4.78 is 43.9. The average Bonchev–Trinajstić information content (AvgIpc) is 2.51. The third kappa shape index (κ3) is 5.27. The SMILES string of the molecule is CC(C)(C)OC(=O)N1CCN(c2ccc(C(F)(F)F)cc2Br)C[C@H]1C(=O)O. The Morgan fingerprint density at radius 3 is 2.33 bits per heavy atom. The highest BCUT2D eigenvalue weighted by Crippen LogP contribution is 2.36. The Morgan fingerprint density at radius 2 is 1.85 bits per heavy atom. The zero-order chi connectivity index (χ0) is 20.6. The first-order valence-electron chi connectivity index (χ1n) is 8.14. The number of carboxylic acids is 1. The van der Waals surface area contributed by atoms with Gasteiger partial charge in [-0.25, -0.2) is 9.59 Å². The van der Waals surface area contributed by atoms with E-state index in [4.69, 9.17) is 4.74 Å². The molecular formula is C17H20BrF3N2O4. The quantitative estimate of drug-likeness (QED) is 0.734. The largest absolute Gasteiger partial charge is 0.480 e. The zero-order valence-corrected chi connectivity index (χ0v) is 16.6. The summed E-state index contributed by atoms with van der Waals surface area (Å²) in [7, 11) is 0. The number of halogens is 4. The number of carbonyl (C=O) groups is 2. The molecule has 1 heterocycles. The molecule has 0 aromatic heterocycles. The number of piperazine rings is 1. The number of hydrogen-bond donors (Lipinski definition) is 1. The second-order valence-electron chi connectivity index (χ2n) is 7.14. The molecule has 1 aromatic rings.